The van der Waals surface area contributed by atoms with Crippen molar-refractivity contribution < 1.29 is 0 Å². The van der Waals surface area contributed by atoms with Gasteiger partial charge in [-0.3, -0.25) is 0 Å². The monoisotopic (exact) mass is 304 g/mol. The molecule has 0 atom stereocenters. The number of aromatic nitrogens is 3. The van der Waals surface area contributed by atoms with Crippen LogP contribution in [0.1, 0.15) is 25.5 Å². The van der Waals surface area contributed by atoms with Crippen LogP contribution in [0.3, 0.4) is 0 Å². The lowest BCUT2D eigenvalue weighted by Crippen LogP contribution is -2.19. The van der Waals surface area contributed by atoms with Crippen LogP contribution in [0, 0.1) is 0 Å². The number of benzene rings is 2. The van der Waals surface area contributed by atoms with Crippen molar-refractivity contribution in [2.24, 2.45) is 0 Å². The van der Waals surface area contributed by atoms with Crippen molar-refractivity contribution in [3.8, 4) is 22.5 Å². The fraction of sp³-hybridized carbons (Fsp3) is 0.263. The Bertz CT molecular complexity index is 863. The molecule has 0 bridgehead atoms. The summed E-state index contributed by atoms with van der Waals surface area (Å²) < 4.78 is 2.04. The van der Waals surface area contributed by atoms with Gasteiger partial charge in [0.15, 0.2) is 0 Å². The Labute approximate surface area is 136 Å². The highest BCUT2D eigenvalue weighted by Crippen LogP contribution is 2.40. The molecule has 2 heterocycles. The first-order valence-corrected chi connectivity index (χ1v) is 8.01. The molecule has 1 aliphatic rings. The summed E-state index contributed by atoms with van der Waals surface area (Å²) in [5, 5.41) is 8.99. The van der Waals surface area contributed by atoms with E-state index in [9.17, 15) is 0 Å². The number of hydrogen-bond acceptors (Lipinski definition) is 3. The first-order valence-electron chi connectivity index (χ1n) is 8.01. The molecular formula is C19H20N4. The standard InChI is InChI=1S/C19H20N4/c1-13(2)23-19-15-9-5-4-8-14(15)12-22(3)17-11-7-6-10-16(17)18(19)20-21-23/h4-11,13H,12H2,1-3H3. The maximum Gasteiger partial charge on any atom is 0.123 e. The second-order valence-electron chi connectivity index (χ2n) is 6.36. The molecule has 4 nitrogen and oxygen atoms in total. The SMILES string of the molecule is CC(C)n1nnc2c1-c1ccccc1CN(C)c1ccccc1-2. The third-order valence-electron chi connectivity index (χ3n) is 4.43. The summed E-state index contributed by atoms with van der Waals surface area (Å²) in [4.78, 5) is 2.28. The third kappa shape index (κ3) is 2.13. The van der Waals surface area contributed by atoms with Gasteiger partial charge in [-0.15, -0.1) is 5.10 Å². The maximum absolute atomic E-state index is 4.54. The molecule has 1 aliphatic heterocycles. The van der Waals surface area contributed by atoms with Gasteiger partial charge in [-0.05, 0) is 25.5 Å². The zero-order valence-corrected chi connectivity index (χ0v) is 13.7. The van der Waals surface area contributed by atoms with Crippen LogP contribution in [0.5, 0.6) is 0 Å². The van der Waals surface area contributed by atoms with Gasteiger partial charge in [0.2, 0.25) is 0 Å². The van der Waals surface area contributed by atoms with E-state index in [1.165, 1.54) is 16.8 Å². The van der Waals surface area contributed by atoms with Crippen LogP contribution < -0.4 is 4.90 Å². The van der Waals surface area contributed by atoms with E-state index in [0.717, 1.165) is 23.5 Å². The van der Waals surface area contributed by atoms with E-state index in [1.54, 1.807) is 0 Å². The lowest BCUT2D eigenvalue weighted by atomic mass is 9.96. The van der Waals surface area contributed by atoms with Crippen LogP contribution in [-0.2, 0) is 6.54 Å². The number of para-hydroxylation sites is 1. The summed E-state index contributed by atoms with van der Waals surface area (Å²) in [6, 6.07) is 17.3. The van der Waals surface area contributed by atoms with Crippen LogP contribution in [0.25, 0.3) is 22.5 Å². The van der Waals surface area contributed by atoms with E-state index < -0.39 is 0 Å². The highest BCUT2D eigenvalue weighted by molar-refractivity contribution is 5.87. The van der Waals surface area contributed by atoms with E-state index in [2.05, 4.69) is 84.6 Å². The summed E-state index contributed by atoms with van der Waals surface area (Å²) in [5.41, 5.74) is 6.95. The normalized spacial score (nSPS) is 13.1. The molecule has 0 N–H and O–H groups in total. The summed E-state index contributed by atoms with van der Waals surface area (Å²) in [6.45, 7) is 5.17. The molecule has 3 aromatic rings. The van der Waals surface area contributed by atoms with E-state index in [4.69, 9.17) is 0 Å². The Balaban J connectivity index is 2.10. The average molecular weight is 304 g/mol. The Hall–Kier alpha value is -2.62. The van der Waals surface area contributed by atoms with Crippen molar-refractivity contribution in [2.45, 2.75) is 26.4 Å². The van der Waals surface area contributed by atoms with Crippen LogP contribution in [-0.4, -0.2) is 22.0 Å². The van der Waals surface area contributed by atoms with E-state index in [-0.39, 0.29) is 6.04 Å². The van der Waals surface area contributed by atoms with Crippen LogP contribution >= 0.6 is 0 Å². The Morgan fingerprint density at radius 3 is 2.43 bits per heavy atom. The van der Waals surface area contributed by atoms with Crippen LogP contribution in [0.4, 0.5) is 5.69 Å². The van der Waals surface area contributed by atoms with Crippen molar-refractivity contribution in [2.75, 3.05) is 11.9 Å². The number of rotatable bonds is 1. The second kappa shape index (κ2) is 5.23. The number of fused-ring (bicyclic) bond motifs is 5. The quantitative estimate of drug-likeness (QED) is 0.677. The molecule has 116 valence electrons. The summed E-state index contributed by atoms with van der Waals surface area (Å²) in [6.07, 6.45) is 0. The lowest BCUT2D eigenvalue weighted by Gasteiger charge is -2.26. The molecule has 0 unspecified atom stereocenters. The summed E-state index contributed by atoms with van der Waals surface area (Å²) >= 11 is 0. The molecule has 0 saturated carbocycles. The zero-order valence-electron chi connectivity index (χ0n) is 13.7. The van der Waals surface area contributed by atoms with Gasteiger partial charge in [0.1, 0.15) is 5.69 Å². The Morgan fingerprint density at radius 1 is 0.957 bits per heavy atom. The van der Waals surface area contributed by atoms with Crippen molar-refractivity contribution in [1.82, 2.24) is 15.0 Å². The minimum absolute atomic E-state index is 0.267. The van der Waals surface area contributed by atoms with Crippen molar-refractivity contribution in [3.63, 3.8) is 0 Å². The molecule has 4 rings (SSSR count). The molecular weight excluding hydrogens is 284 g/mol. The van der Waals surface area contributed by atoms with Crippen LogP contribution in [0.2, 0.25) is 0 Å². The summed E-state index contributed by atoms with van der Waals surface area (Å²) in [7, 11) is 2.13. The van der Waals surface area contributed by atoms with E-state index in [0.29, 0.717) is 0 Å². The van der Waals surface area contributed by atoms with Gasteiger partial charge in [-0.25, -0.2) is 4.68 Å². The van der Waals surface area contributed by atoms with Gasteiger partial charge in [-0.2, -0.15) is 0 Å². The number of nitrogens with zero attached hydrogens (tertiary/aromatic N) is 4. The van der Waals surface area contributed by atoms with Gasteiger partial charge < -0.3 is 4.90 Å². The summed E-state index contributed by atoms with van der Waals surface area (Å²) in [5.74, 6) is 0. The van der Waals surface area contributed by atoms with Gasteiger partial charge >= 0.3 is 0 Å². The van der Waals surface area contributed by atoms with Gasteiger partial charge in [0.05, 0.1) is 5.69 Å². The Morgan fingerprint density at radius 2 is 1.65 bits per heavy atom. The average Bonchev–Trinajstić information content (AvgIpc) is 2.99. The fourth-order valence-electron chi connectivity index (χ4n) is 3.32. The minimum atomic E-state index is 0.267. The number of anilines is 1. The third-order valence-corrected chi connectivity index (χ3v) is 4.43. The zero-order chi connectivity index (χ0) is 16.0. The van der Waals surface area contributed by atoms with Crippen molar-refractivity contribution >= 4 is 5.69 Å². The first-order chi connectivity index (χ1) is 11.2. The highest BCUT2D eigenvalue weighted by Gasteiger charge is 2.25. The molecule has 2 aromatic carbocycles. The van der Waals surface area contributed by atoms with Gasteiger partial charge in [0, 0.05) is 36.4 Å². The maximum atomic E-state index is 4.54. The Kier molecular flexibility index (Phi) is 3.18. The van der Waals surface area contributed by atoms with Crippen molar-refractivity contribution in [1.29, 1.82) is 0 Å². The van der Waals surface area contributed by atoms with Crippen LogP contribution in [0.15, 0.2) is 48.5 Å². The van der Waals surface area contributed by atoms with Crippen molar-refractivity contribution in [3.05, 3.63) is 54.1 Å². The highest BCUT2D eigenvalue weighted by atomic mass is 15.4. The molecule has 0 aliphatic carbocycles. The predicted molar refractivity (Wildman–Crippen MR) is 93.4 cm³/mol. The molecule has 0 saturated heterocycles. The molecule has 0 spiro atoms. The molecule has 4 heteroatoms. The smallest absolute Gasteiger partial charge is 0.123 e. The molecule has 0 amide bonds. The molecule has 0 radical (unpaired) electrons. The van der Waals surface area contributed by atoms with Gasteiger partial charge in [0.25, 0.3) is 0 Å². The topological polar surface area (TPSA) is 34.0 Å². The van der Waals surface area contributed by atoms with E-state index >= 15 is 0 Å². The molecule has 1 aromatic heterocycles. The van der Waals surface area contributed by atoms with E-state index in [1.807, 2.05) is 4.68 Å². The second-order valence-corrected chi connectivity index (χ2v) is 6.36. The minimum Gasteiger partial charge on any atom is -0.370 e. The molecule has 0 fully saturated rings. The fourth-order valence-corrected chi connectivity index (χ4v) is 3.32. The first kappa shape index (κ1) is 14.0. The predicted octanol–water partition coefficient (Wildman–Crippen LogP) is 4.14. The molecule has 23 heavy (non-hydrogen) atoms. The number of hydrogen-bond donors (Lipinski definition) is 0. The largest absolute Gasteiger partial charge is 0.370 e. The lowest BCUT2D eigenvalue weighted by molar-refractivity contribution is 0.519. The van der Waals surface area contributed by atoms with Gasteiger partial charge in [-0.1, -0.05) is 47.7 Å².